The molecule has 13 heteroatoms. The second-order valence-electron chi connectivity index (χ2n) is 11.5. The third kappa shape index (κ3) is 7.30. The zero-order chi connectivity index (χ0) is 27.7. The first-order valence-electron chi connectivity index (χ1n) is 13.9. The van der Waals surface area contributed by atoms with Crippen LogP contribution in [0.3, 0.4) is 0 Å². The van der Waals surface area contributed by atoms with E-state index in [1.807, 2.05) is 11.8 Å². The van der Waals surface area contributed by atoms with Gasteiger partial charge in [0.05, 0.1) is 24.8 Å². The van der Waals surface area contributed by atoms with E-state index < -0.39 is 15.6 Å². The van der Waals surface area contributed by atoms with Gasteiger partial charge in [0.1, 0.15) is 17.0 Å². The predicted octanol–water partition coefficient (Wildman–Crippen LogP) is 2.19. The molecule has 216 valence electrons. The van der Waals surface area contributed by atoms with Gasteiger partial charge in [0.15, 0.2) is 0 Å². The van der Waals surface area contributed by atoms with Crippen molar-refractivity contribution < 1.29 is 32.2 Å². The molecule has 0 radical (unpaired) electrons. The number of hydrogen-bond donors (Lipinski definition) is 0. The summed E-state index contributed by atoms with van der Waals surface area (Å²) >= 11 is 0. The van der Waals surface area contributed by atoms with Gasteiger partial charge in [-0.05, 0) is 51.4 Å². The Balaban J connectivity index is 1.02. The van der Waals surface area contributed by atoms with E-state index in [0.717, 1.165) is 38.5 Å². The molecule has 0 spiro atoms. The number of esters is 1. The summed E-state index contributed by atoms with van der Waals surface area (Å²) in [6.45, 7) is 6.96. The number of amides is 1. The zero-order valence-electron chi connectivity index (χ0n) is 22.8. The quantitative estimate of drug-likeness (QED) is 0.389. The van der Waals surface area contributed by atoms with E-state index in [4.69, 9.17) is 14.2 Å². The topological polar surface area (TPSA) is 131 Å². The zero-order valence-corrected chi connectivity index (χ0v) is 23.7. The molecule has 1 amide bonds. The Morgan fingerprint density at radius 1 is 0.974 bits per heavy atom. The van der Waals surface area contributed by atoms with Crippen LogP contribution < -0.4 is 9.64 Å². The van der Waals surface area contributed by atoms with E-state index in [2.05, 4.69) is 9.97 Å². The van der Waals surface area contributed by atoms with Crippen LogP contribution in [0.1, 0.15) is 58.8 Å². The lowest BCUT2D eigenvalue weighted by molar-refractivity contribution is -0.148. The van der Waals surface area contributed by atoms with Crippen molar-refractivity contribution in [1.29, 1.82) is 0 Å². The Morgan fingerprint density at radius 3 is 2.23 bits per heavy atom. The molecule has 0 aromatic carbocycles. The number of carbonyl (C=O) groups is 2. The molecule has 2 saturated heterocycles. The summed E-state index contributed by atoms with van der Waals surface area (Å²) in [5.74, 6) is 1.09. The highest BCUT2D eigenvalue weighted by Crippen LogP contribution is 2.43. The average molecular weight is 566 g/mol. The third-order valence-electron chi connectivity index (χ3n) is 8.18. The Hall–Kier alpha value is -2.67. The second kappa shape index (κ2) is 11.1. The SMILES string of the molecule is CC(=O)OC1(CCS(=O)(=O)N2CCN(c3cnc(OCC4CCN(C(=O)OC5(C)CC5)CC4)cn3)CC2)CC1. The van der Waals surface area contributed by atoms with Gasteiger partial charge in [-0.15, -0.1) is 0 Å². The van der Waals surface area contributed by atoms with Crippen LogP contribution in [0.4, 0.5) is 10.6 Å². The van der Waals surface area contributed by atoms with E-state index in [1.54, 1.807) is 17.3 Å². The Bertz CT molecular complexity index is 1140. The summed E-state index contributed by atoms with van der Waals surface area (Å²) in [6, 6.07) is 0. The van der Waals surface area contributed by atoms with Crippen LogP contribution in [0.5, 0.6) is 5.88 Å². The van der Waals surface area contributed by atoms with Crippen LogP contribution in [0, 0.1) is 5.92 Å². The van der Waals surface area contributed by atoms with E-state index in [-0.39, 0.29) is 23.4 Å². The summed E-state index contributed by atoms with van der Waals surface area (Å²) in [6.07, 6.45) is 8.45. The number of carbonyl (C=O) groups excluding carboxylic acids is 2. The number of piperazine rings is 1. The van der Waals surface area contributed by atoms with E-state index in [9.17, 15) is 18.0 Å². The standard InChI is InChI=1S/C26H39N5O7S/c1-20(32)37-26(7-8-26)9-16-39(34,35)31-14-12-29(13-15-31)22-17-28-23(18-27-22)36-19-21-3-10-30(11-4-21)24(33)38-25(2)5-6-25/h17-18,21H,3-16,19H2,1-2H3. The minimum atomic E-state index is -3.43. The van der Waals surface area contributed by atoms with Crippen LogP contribution in [0.25, 0.3) is 0 Å². The molecule has 1 aromatic rings. The Kier molecular flexibility index (Phi) is 7.91. The largest absolute Gasteiger partial charge is 0.476 e. The van der Waals surface area contributed by atoms with E-state index in [0.29, 0.717) is 69.9 Å². The molecule has 0 atom stereocenters. The maximum absolute atomic E-state index is 12.8. The molecule has 2 saturated carbocycles. The van der Waals surface area contributed by atoms with Crippen molar-refractivity contribution in [2.75, 3.05) is 56.5 Å². The van der Waals surface area contributed by atoms with Crippen molar-refractivity contribution in [1.82, 2.24) is 19.2 Å². The monoisotopic (exact) mass is 565 g/mol. The van der Waals surface area contributed by atoms with Gasteiger partial charge < -0.3 is 24.0 Å². The van der Waals surface area contributed by atoms with Gasteiger partial charge in [0, 0.05) is 52.6 Å². The van der Waals surface area contributed by atoms with Crippen molar-refractivity contribution in [2.24, 2.45) is 5.92 Å². The lowest BCUT2D eigenvalue weighted by atomic mass is 9.98. The predicted molar refractivity (Wildman–Crippen MR) is 142 cm³/mol. The number of piperidine rings is 1. The molecule has 2 aliphatic heterocycles. The van der Waals surface area contributed by atoms with Gasteiger partial charge in [0.2, 0.25) is 15.9 Å². The summed E-state index contributed by atoms with van der Waals surface area (Å²) in [7, 11) is -3.43. The molecule has 3 heterocycles. The first-order valence-corrected chi connectivity index (χ1v) is 15.5. The lowest BCUT2D eigenvalue weighted by Gasteiger charge is -2.34. The highest BCUT2D eigenvalue weighted by molar-refractivity contribution is 7.89. The van der Waals surface area contributed by atoms with Gasteiger partial charge in [-0.3, -0.25) is 4.79 Å². The first kappa shape index (κ1) is 27.9. The maximum Gasteiger partial charge on any atom is 0.410 e. The smallest absolute Gasteiger partial charge is 0.410 e. The highest BCUT2D eigenvalue weighted by Gasteiger charge is 2.47. The lowest BCUT2D eigenvalue weighted by Crippen LogP contribution is -2.49. The van der Waals surface area contributed by atoms with Crippen LogP contribution in [0.2, 0.25) is 0 Å². The molecule has 0 N–H and O–H groups in total. The van der Waals surface area contributed by atoms with E-state index >= 15 is 0 Å². The molecule has 39 heavy (non-hydrogen) atoms. The van der Waals surface area contributed by atoms with Crippen molar-refractivity contribution in [2.45, 2.75) is 70.0 Å². The molecular formula is C26H39N5O7S. The van der Waals surface area contributed by atoms with Crippen LogP contribution >= 0.6 is 0 Å². The number of sulfonamides is 1. The third-order valence-corrected chi connectivity index (χ3v) is 10.1. The average Bonchev–Trinajstić information content (AvgIpc) is 3.85. The number of ether oxygens (including phenoxy) is 3. The molecule has 4 fully saturated rings. The molecule has 12 nitrogen and oxygen atoms in total. The van der Waals surface area contributed by atoms with Crippen molar-refractivity contribution in [3.05, 3.63) is 12.4 Å². The van der Waals surface area contributed by atoms with E-state index in [1.165, 1.54) is 11.2 Å². The summed E-state index contributed by atoms with van der Waals surface area (Å²) < 4.78 is 43.9. The van der Waals surface area contributed by atoms with Crippen LogP contribution in [-0.2, 0) is 24.3 Å². The maximum atomic E-state index is 12.8. The fourth-order valence-electron chi connectivity index (χ4n) is 5.07. The van der Waals surface area contributed by atoms with Crippen LogP contribution in [0.15, 0.2) is 12.4 Å². The molecule has 1 aromatic heterocycles. The molecule has 0 bridgehead atoms. The molecule has 0 unspecified atom stereocenters. The molecule has 5 rings (SSSR count). The number of hydrogen-bond acceptors (Lipinski definition) is 10. The number of anilines is 1. The Morgan fingerprint density at radius 2 is 1.67 bits per heavy atom. The number of nitrogens with zero attached hydrogens (tertiary/aromatic N) is 5. The summed E-state index contributed by atoms with van der Waals surface area (Å²) in [5.41, 5.74) is -0.834. The van der Waals surface area contributed by atoms with Gasteiger partial charge in [-0.25, -0.2) is 23.2 Å². The Labute approximate surface area is 230 Å². The fourth-order valence-corrected chi connectivity index (χ4v) is 6.68. The minimum absolute atomic E-state index is 0.0192. The highest BCUT2D eigenvalue weighted by atomic mass is 32.2. The van der Waals surface area contributed by atoms with Crippen LogP contribution in [-0.4, -0.2) is 102 Å². The number of aromatic nitrogens is 2. The van der Waals surface area contributed by atoms with Gasteiger partial charge >= 0.3 is 12.1 Å². The van der Waals surface area contributed by atoms with Gasteiger partial charge in [-0.2, -0.15) is 4.31 Å². The number of likely N-dealkylation sites (tertiary alicyclic amines) is 1. The van der Waals surface area contributed by atoms with Crippen molar-refractivity contribution in [3.8, 4) is 5.88 Å². The van der Waals surface area contributed by atoms with Gasteiger partial charge in [0.25, 0.3) is 0 Å². The summed E-state index contributed by atoms with van der Waals surface area (Å²) in [4.78, 5) is 36.2. The fraction of sp³-hybridized carbons (Fsp3) is 0.769. The minimum Gasteiger partial charge on any atom is -0.476 e. The summed E-state index contributed by atoms with van der Waals surface area (Å²) in [5, 5.41) is 0. The number of rotatable bonds is 10. The normalized spacial score (nSPS) is 22.7. The van der Waals surface area contributed by atoms with Gasteiger partial charge in [-0.1, -0.05) is 0 Å². The molecular weight excluding hydrogens is 526 g/mol. The van der Waals surface area contributed by atoms with Crippen molar-refractivity contribution >= 4 is 27.9 Å². The first-order chi connectivity index (χ1) is 18.5. The second-order valence-corrected chi connectivity index (χ2v) is 13.6. The molecule has 2 aliphatic carbocycles. The molecule has 4 aliphatic rings. The van der Waals surface area contributed by atoms with Crippen molar-refractivity contribution in [3.63, 3.8) is 0 Å².